The number of hydrogen-bond donors (Lipinski definition) is 3. The van der Waals surface area contributed by atoms with Crippen molar-refractivity contribution >= 4 is 0 Å². The average molecular weight is 282 g/mol. The van der Waals surface area contributed by atoms with Crippen molar-refractivity contribution in [3.05, 3.63) is 23.8 Å². The van der Waals surface area contributed by atoms with Crippen LogP contribution in [0.1, 0.15) is 30.9 Å². The van der Waals surface area contributed by atoms with Gasteiger partial charge in [0.2, 0.25) is 0 Å². The van der Waals surface area contributed by atoms with Crippen LogP contribution in [-0.2, 0) is 0 Å². The quantitative estimate of drug-likeness (QED) is 0.566. The lowest BCUT2D eigenvalue weighted by molar-refractivity contribution is 0.282. The normalized spacial score (nSPS) is 12.2. The van der Waals surface area contributed by atoms with Crippen molar-refractivity contribution < 1.29 is 14.6 Å². The van der Waals surface area contributed by atoms with Crippen LogP contribution in [0, 0.1) is 0 Å². The number of aliphatic hydroxyl groups excluding tert-OH is 1. The van der Waals surface area contributed by atoms with E-state index in [1.807, 2.05) is 18.2 Å². The lowest BCUT2D eigenvalue weighted by Gasteiger charge is -2.20. The molecule has 114 valence electrons. The van der Waals surface area contributed by atoms with Crippen molar-refractivity contribution in [2.24, 2.45) is 5.73 Å². The van der Waals surface area contributed by atoms with E-state index in [0.717, 1.165) is 42.9 Å². The largest absolute Gasteiger partial charge is 0.497 e. The molecule has 0 aliphatic rings. The predicted octanol–water partition coefficient (Wildman–Crippen LogP) is 1.46. The molecule has 0 saturated heterocycles. The first kappa shape index (κ1) is 16.8. The van der Waals surface area contributed by atoms with E-state index < -0.39 is 0 Å². The molecule has 1 rings (SSSR count). The highest BCUT2D eigenvalue weighted by atomic mass is 16.5. The summed E-state index contributed by atoms with van der Waals surface area (Å²) in [6.45, 7) is 1.63. The van der Waals surface area contributed by atoms with Crippen molar-refractivity contribution in [2.45, 2.75) is 25.3 Å². The average Bonchev–Trinajstić information content (AvgIpc) is 2.50. The van der Waals surface area contributed by atoms with Crippen molar-refractivity contribution in [2.75, 3.05) is 33.9 Å². The summed E-state index contributed by atoms with van der Waals surface area (Å²) in [5.74, 6) is 1.55. The van der Waals surface area contributed by atoms with Gasteiger partial charge in [-0.3, -0.25) is 0 Å². The summed E-state index contributed by atoms with van der Waals surface area (Å²) in [4.78, 5) is 0. The van der Waals surface area contributed by atoms with Gasteiger partial charge in [0.05, 0.1) is 14.2 Å². The number of nitrogens with one attached hydrogen (secondary N) is 1. The molecule has 0 saturated carbocycles. The van der Waals surface area contributed by atoms with Gasteiger partial charge in [-0.1, -0.05) is 6.07 Å². The smallest absolute Gasteiger partial charge is 0.127 e. The molecule has 1 unspecified atom stereocenters. The number of hydrogen-bond acceptors (Lipinski definition) is 5. The van der Waals surface area contributed by atoms with Gasteiger partial charge in [0.15, 0.2) is 0 Å². The van der Waals surface area contributed by atoms with Crippen LogP contribution in [-0.4, -0.2) is 39.0 Å². The second-order valence-electron chi connectivity index (χ2n) is 4.63. The van der Waals surface area contributed by atoms with E-state index in [1.54, 1.807) is 14.2 Å². The fourth-order valence-electron chi connectivity index (χ4n) is 2.12. The van der Waals surface area contributed by atoms with Crippen LogP contribution in [0.2, 0.25) is 0 Å². The number of nitrogens with two attached hydrogens (primary N) is 1. The molecule has 1 atom stereocenters. The maximum atomic E-state index is 8.75. The van der Waals surface area contributed by atoms with Gasteiger partial charge >= 0.3 is 0 Å². The van der Waals surface area contributed by atoms with E-state index in [0.29, 0.717) is 6.54 Å². The first-order chi connectivity index (χ1) is 9.76. The minimum absolute atomic E-state index is 0.0602. The number of ether oxygens (including phenoxy) is 2. The van der Waals surface area contributed by atoms with Crippen LogP contribution in [0.15, 0.2) is 18.2 Å². The number of methoxy groups -OCH3 is 2. The van der Waals surface area contributed by atoms with E-state index in [2.05, 4.69) is 5.32 Å². The summed E-state index contributed by atoms with van der Waals surface area (Å²) in [7, 11) is 3.28. The molecular weight excluding hydrogens is 256 g/mol. The van der Waals surface area contributed by atoms with Gasteiger partial charge in [-0.15, -0.1) is 0 Å². The molecule has 0 radical (unpaired) electrons. The van der Waals surface area contributed by atoms with E-state index in [9.17, 15) is 0 Å². The van der Waals surface area contributed by atoms with Crippen LogP contribution >= 0.6 is 0 Å². The third-order valence-electron chi connectivity index (χ3n) is 3.28. The zero-order valence-electron chi connectivity index (χ0n) is 12.4. The van der Waals surface area contributed by atoms with Gasteiger partial charge in [-0.2, -0.15) is 0 Å². The lowest BCUT2D eigenvalue weighted by atomic mass is 10.0. The topological polar surface area (TPSA) is 76.7 Å². The molecule has 0 aromatic heterocycles. The van der Waals surface area contributed by atoms with Crippen molar-refractivity contribution in [1.82, 2.24) is 5.32 Å². The standard InChI is InChI=1S/C15H26N2O3/c1-19-12-6-7-13(15(10-12)20-2)14(11-16)17-8-4-3-5-9-18/h6-7,10,14,17-18H,3-5,8-9,11,16H2,1-2H3. The Balaban J connectivity index is 2.64. The second kappa shape index (κ2) is 9.58. The highest BCUT2D eigenvalue weighted by molar-refractivity contribution is 5.42. The Bertz CT molecular complexity index is 385. The molecule has 1 aromatic carbocycles. The zero-order chi connectivity index (χ0) is 14.8. The Labute approximate surface area is 121 Å². The second-order valence-corrected chi connectivity index (χ2v) is 4.63. The molecule has 0 bridgehead atoms. The number of rotatable bonds is 10. The van der Waals surface area contributed by atoms with Crippen molar-refractivity contribution in [3.63, 3.8) is 0 Å². The molecule has 0 aliphatic heterocycles. The monoisotopic (exact) mass is 282 g/mol. The van der Waals surface area contributed by atoms with Crippen LogP contribution in [0.5, 0.6) is 11.5 Å². The van der Waals surface area contributed by atoms with E-state index in [1.165, 1.54) is 0 Å². The Hall–Kier alpha value is -1.30. The summed E-state index contributed by atoms with van der Waals surface area (Å²) < 4.78 is 10.6. The summed E-state index contributed by atoms with van der Waals surface area (Å²) in [5.41, 5.74) is 6.89. The Morgan fingerprint density at radius 1 is 1.20 bits per heavy atom. The molecule has 0 aliphatic carbocycles. The van der Waals surface area contributed by atoms with Gasteiger partial charge in [0.1, 0.15) is 11.5 Å². The minimum Gasteiger partial charge on any atom is -0.497 e. The predicted molar refractivity (Wildman–Crippen MR) is 80.3 cm³/mol. The molecule has 20 heavy (non-hydrogen) atoms. The molecule has 0 heterocycles. The number of unbranched alkanes of at least 4 members (excludes halogenated alkanes) is 2. The fourth-order valence-corrected chi connectivity index (χ4v) is 2.12. The lowest BCUT2D eigenvalue weighted by Crippen LogP contribution is -2.29. The summed E-state index contributed by atoms with van der Waals surface area (Å²) >= 11 is 0. The van der Waals surface area contributed by atoms with E-state index >= 15 is 0 Å². The van der Waals surface area contributed by atoms with Crippen LogP contribution in [0.4, 0.5) is 0 Å². The van der Waals surface area contributed by atoms with Gasteiger partial charge in [0, 0.05) is 30.8 Å². The van der Waals surface area contributed by atoms with Gasteiger partial charge in [-0.05, 0) is 31.9 Å². The molecule has 0 amide bonds. The highest BCUT2D eigenvalue weighted by Crippen LogP contribution is 2.29. The van der Waals surface area contributed by atoms with Gasteiger partial charge < -0.3 is 25.6 Å². The molecule has 5 nitrogen and oxygen atoms in total. The van der Waals surface area contributed by atoms with E-state index in [-0.39, 0.29) is 12.6 Å². The molecule has 5 heteroatoms. The Morgan fingerprint density at radius 2 is 2.00 bits per heavy atom. The molecule has 4 N–H and O–H groups in total. The summed E-state index contributed by atoms with van der Waals surface area (Å²) in [6, 6.07) is 5.82. The Morgan fingerprint density at radius 3 is 2.60 bits per heavy atom. The van der Waals surface area contributed by atoms with Crippen molar-refractivity contribution in [3.8, 4) is 11.5 Å². The SMILES string of the molecule is COc1ccc(C(CN)NCCCCCO)c(OC)c1. The van der Waals surface area contributed by atoms with Crippen LogP contribution < -0.4 is 20.5 Å². The van der Waals surface area contributed by atoms with Gasteiger partial charge in [-0.25, -0.2) is 0 Å². The van der Waals surface area contributed by atoms with Gasteiger partial charge in [0.25, 0.3) is 0 Å². The third kappa shape index (κ3) is 5.00. The minimum atomic E-state index is 0.0602. The molecule has 0 fully saturated rings. The fraction of sp³-hybridized carbons (Fsp3) is 0.600. The first-order valence-electron chi connectivity index (χ1n) is 7.03. The molecule has 1 aromatic rings. The summed E-state index contributed by atoms with van der Waals surface area (Å²) in [6.07, 6.45) is 2.89. The van der Waals surface area contributed by atoms with Crippen LogP contribution in [0.3, 0.4) is 0 Å². The van der Waals surface area contributed by atoms with E-state index in [4.69, 9.17) is 20.3 Å². The number of benzene rings is 1. The maximum Gasteiger partial charge on any atom is 0.127 e. The zero-order valence-corrected chi connectivity index (χ0v) is 12.4. The van der Waals surface area contributed by atoms with Crippen molar-refractivity contribution in [1.29, 1.82) is 0 Å². The third-order valence-corrected chi connectivity index (χ3v) is 3.28. The molecular formula is C15H26N2O3. The highest BCUT2D eigenvalue weighted by Gasteiger charge is 2.14. The molecule has 0 spiro atoms. The first-order valence-corrected chi connectivity index (χ1v) is 7.03. The van der Waals surface area contributed by atoms with Crippen LogP contribution in [0.25, 0.3) is 0 Å². The Kier molecular flexibility index (Phi) is 8.02. The number of aliphatic hydroxyl groups is 1. The summed E-state index contributed by atoms with van der Waals surface area (Å²) in [5, 5.41) is 12.2. The maximum absolute atomic E-state index is 8.75.